The third kappa shape index (κ3) is 2.66. The maximum absolute atomic E-state index is 12.6. The number of carbonyl (C=O) groups is 1. The minimum atomic E-state index is -0.597. The highest BCUT2D eigenvalue weighted by atomic mass is 16.5. The van der Waals surface area contributed by atoms with Crippen LogP contribution < -0.4 is 9.64 Å². The Morgan fingerprint density at radius 2 is 2.09 bits per heavy atom. The van der Waals surface area contributed by atoms with Gasteiger partial charge in [0.25, 0.3) is 5.91 Å². The van der Waals surface area contributed by atoms with Crippen LogP contribution in [-0.4, -0.2) is 18.6 Å². The maximum Gasteiger partial charge on any atom is 0.267 e. The number of hydrogen-bond acceptors (Lipinski definition) is 3. The van der Waals surface area contributed by atoms with Crippen LogP contribution in [0.25, 0.3) is 0 Å². The molecule has 4 nitrogen and oxygen atoms in total. The van der Waals surface area contributed by atoms with Gasteiger partial charge in [-0.15, -0.1) is 0 Å². The number of fused-ring (bicyclic) bond motifs is 1. The molecule has 110 valence electrons. The first-order valence-corrected chi connectivity index (χ1v) is 7.25. The van der Waals surface area contributed by atoms with Crippen molar-refractivity contribution in [2.45, 2.75) is 19.4 Å². The van der Waals surface area contributed by atoms with Gasteiger partial charge < -0.3 is 9.64 Å². The summed E-state index contributed by atoms with van der Waals surface area (Å²) in [6.45, 7) is 2.42. The minimum Gasteiger partial charge on any atom is -0.481 e. The Morgan fingerprint density at radius 1 is 1.27 bits per heavy atom. The monoisotopic (exact) mass is 292 g/mol. The quantitative estimate of drug-likeness (QED) is 0.874. The molecule has 2 aromatic carbocycles. The smallest absolute Gasteiger partial charge is 0.267 e. The van der Waals surface area contributed by atoms with Crippen LogP contribution in [-0.2, 0) is 11.2 Å². The highest BCUT2D eigenvalue weighted by Crippen LogP contribution is 2.28. The summed E-state index contributed by atoms with van der Waals surface area (Å²) < 4.78 is 5.70. The summed E-state index contributed by atoms with van der Waals surface area (Å²) in [5, 5.41) is 8.91. The number of benzene rings is 2. The van der Waals surface area contributed by atoms with E-state index in [1.807, 2.05) is 24.3 Å². The third-order valence-electron chi connectivity index (χ3n) is 3.78. The van der Waals surface area contributed by atoms with E-state index in [-0.39, 0.29) is 5.91 Å². The van der Waals surface area contributed by atoms with Gasteiger partial charge in [-0.05, 0) is 43.2 Å². The van der Waals surface area contributed by atoms with Crippen LogP contribution in [0.3, 0.4) is 0 Å². The molecule has 1 amide bonds. The molecule has 1 heterocycles. The molecule has 0 spiro atoms. The largest absolute Gasteiger partial charge is 0.481 e. The summed E-state index contributed by atoms with van der Waals surface area (Å²) in [7, 11) is 0. The fourth-order valence-corrected chi connectivity index (χ4v) is 2.68. The van der Waals surface area contributed by atoms with E-state index in [1.54, 1.807) is 36.1 Å². The van der Waals surface area contributed by atoms with Crippen molar-refractivity contribution in [3.63, 3.8) is 0 Å². The van der Waals surface area contributed by atoms with Gasteiger partial charge >= 0.3 is 0 Å². The maximum atomic E-state index is 12.6. The first kappa shape index (κ1) is 14.2. The molecule has 0 bridgehead atoms. The first-order valence-electron chi connectivity index (χ1n) is 7.25. The molecule has 0 saturated heterocycles. The molecule has 2 aromatic rings. The van der Waals surface area contributed by atoms with Crippen LogP contribution in [0.5, 0.6) is 5.75 Å². The SMILES string of the molecule is CC(Oc1cccc(C#N)c1)C(=O)N1CCc2ccccc21. The number of carbonyl (C=O) groups excluding carboxylic acids is 1. The van der Waals surface area contributed by atoms with Crippen LogP contribution >= 0.6 is 0 Å². The summed E-state index contributed by atoms with van der Waals surface area (Å²) in [6, 6.07) is 16.8. The van der Waals surface area contributed by atoms with E-state index in [0.717, 1.165) is 12.1 Å². The van der Waals surface area contributed by atoms with Crippen molar-refractivity contribution in [3.8, 4) is 11.8 Å². The lowest BCUT2D eigenvalue weighted by Crippen LogP contribution is -2.39. The molecule has 0 N–H and O–H groups in total. The Balaban J connectivity index is 1.74. The van der Waals surface area contributed by atoms with Crippen molar-refractivity contribution in [3.05, 3.63) is 59.7 Å². The summed E-state index contributed by atoms with van der Waals surface area (Å²) in [5.74, 6) is 0.472. The third-order valence-corrected chi connectivity index (χ3v) is 3.78. The number of nitrogens with zero attached hydrogens (tertiary/aromatic N) is 2. The molecular weight excluding hydrogens is 276 g/mol. The standard InChI is InChI=1S/C18H16N2O2/c1-13(22-16-7-4-5-14(11-16)12-19)18(21)20-10-9-15-6-2-3-8-17(15)20/h2-8,11,13H,9-10H2,1H3. The molecule has 1 unspecified atom stereocenters. The van der Waals surface area contributed by atoms with Crippen molar-refractivity contribution in [2.75, 3.05) is 11.4 Å². The highest BCUT2D eigenvalue weighted by Gasteiger charge is 2.28. The molecule has 1 aliphatic heterocycles. The molecule has 1 aliphatic rings. The van der Waals surface area contributed by atoms with Gasteiger partial charge in [0.2, 0.25) is 0 Å². The molecule has 0 aliphatic carbocycles. The van der Waals surface area contributed by atoms with Crippen LogP contribution in [0.2, 0.25) is 0 Å². The Hall–Kier alpha value is -2.80. The molecular formula is C18H16N2O2. The van der Waals surface area contributed by atoms with Crippen LogP contribution in [0.15, 0.2) is 48.5 Å². The average molecular weight is 292 g/mol. The lowest BCUT2D eigenvalue weighted by molar-refractivity contribution is -0.124. The zero-order valence-electron chi connectivity index (χ0n) is 12.3. The number of anilines is 1. The Kier molecular flexibility index (Phi) is 3.80. The fraction of sp³-hybridized carbons (Fsp3) is 0.222. The van der Waals surface area contributed by atoms with Gasteiger partial charge in [0.05, 0.1) is 11.6 Å². The second-order valence-electron chi connectivity index (χ2n) is 5.27. The molecule has 0 fully saturated rings. The number of ether oxygens (including phenoxy) is 1. The van der Waals surface area contributed by atoms with E-state index in [0.29, 0.717) is 17.9 Å². The van der Waals surface area contributed by atoms with Crippen molar-refractivity contribution in [1.29, 1.82) is 5.26 Å². The summed E-state index contributed by atoms with van der Waals surface area (Å²) >= 11 is 0. The Morgan fingerprint density at radius 3 is 2.91 bits per heavy atom. The summed E-state index contributed by atoms with van der Waals surface area (Å²) in [6.07, 6.45) is 0.276. The van der Waals surface area contributed by atoms with E-state index >= 15 is 0 Å². The van der Waals surface area contributed by atoms with Gasteiger partial charge in [0, 0.05) is 12.2 Å². The molecule has 4 heteroatoms. The van der Waals surface area contributed by atoms with Crippen molar-refractivity contribution >= 4 is 11.6 Å². The van der Waals surface area contributed by atoms with E-state index in [2.05, 4.69) is 6.07 Å². The fourth-order valence-electron chi connectivity index (χ4n) is 2.68. The lowest BCUT2D eigenvalue weighted by Gasteiger charge is -2.22. The summed E-state index contributed by atoms with van der Waals surface area (Å²) in [4.78, 5) is 14.4. The number of hydrogen-bond donors (Lipinski definition) is 0. The van der Waals surface area contributed by atoms with Crippen LogP contribution in [0, 0.1) is 11.3 Å². The second kappa shape index (κ2) is 5.90. The highest BCUT2D eigenvalue weighted by molar-refractivity contribution is 5.98. The van der Waals surface area contributed by atoms with E-state index in [9.17, 15) is 4.79 Å². The Labute approximate surface area is 129 Å². The first-order chi connectivity index (χ1) is 10.7. The van der Waals surface area contributed by atoms with Crippen LogP contribution in [0.4, 0.5) is 5.69 Å². The van der Waals surface area contributed by atoms with Crippen molar-refractivity contribution < 1.29 is 9.53 Å². The van der Waals surface area contributed by atoms with E-state index in [4.69, 9.17) is 10.00 Å². The van der Waals surface area contributed by atoms with Gasteiger partial charge in [-0.1, -0.05) is 24.3 Å². The molecule has 1 atom stereocenters. The van der Waals surface area contributed by atoms with E-state index in [1.165, 1.54) is 5.56 Å². The summed E-state index contributed by atoms with van der Waals surface area (Å²) in [5.41, 5.74) is 2.67. The van der Waals surface area contributed by atoms with Gasteiger partial charge in [-0.2, -0.15) is 5.26 Å². The molecule has 0 aromatic heterocycles. The van der Waals surface area contributed by atoms with Gasteiger partial charge in [-0.3, -0.25) is 4.79 Å². The van der Waals surface area contributed by atoms with E-state index < -0.39 is 6.10 Å². The van der Waals surface area contributed by atoms with Gasteiger partial charge in [0.15, 0.2) is 6.10 Å². The molecule has 3 rings (SSSR count). The van der Waals surface area contributed by atoms with Gasteiger partial charge in [-0.25, -0.2) is 0 Å². The average Bonchev–Trinajstić information content (AvgIpc) is 2.98. The molecule has 22 heavy (non-hydrogen) atoms. The normalized spacial score (nSPS) is 14.1. The topological polar surface area (TPSA) is 53.3 Å². The minimum absolute atomic E-state index is 0.0627. The van der Waals surface area contributed by atoms with Crippen molar-refractivity contribution in [1.82, 2.24) is 0 Å². The zero-order chi connectivity index (χ0) is 15.5. The predicted molar refractivity (Wildman–Crippen MR) is 83.7 cm³/mol. The second-order valence-corrected chi connectivity index (χ2v) is 5.27. The number of rotatable bonds is 3. The van der Waals surface area contributed by atoms with Crippen LogP contribution in [0.1, 0.15) is 18.1 Å². The van der Waals surface area contributed by atoms with Crippen molar-refractivity contribution in [2.24, 2.45) is 0 Å². The zero-order valence-corrected chi connectivity index (χ0v) is 12.3. The Bertz CT molecular complexity index is 749. The number of para-hydroxylation sites is 1. The number of amides is 1. The lowest BCUT2D eigenvalue weighted by atomic mass is 10.2. The predicted octanol–water partition coefficient (Wildman–Crippen LogP) is 2.91. The molecule has 0 saturated carbocycles. The molecule has 0 radical (unpaired) electrons. The van der Waals surface area contributed by atoms with Gasteiger partial charge in [0.1, 0.15) is 5.75 Å². The number of nitriles is 1.